The molecule has 2 aliphatic carbocycles. The minimum absolute atomic E-state index is 0.000482. The van der Waals surface area contributed by atoms with Gasteiger partial charge in [0.25, 0.3) is 0 Å². The molecule has 0 bridgehead atoms. The van der Waals surface area contributed by atoms with Crippen molar-refractivity contribution in [2.75, 3.05) is 0 Å². The number of phenolic OH excluding ortho intramolecular Hbond substituents is 1. The molecule has 1 aromatic carbocycles. The molecule has 0 saturated heterocycles. The first-order valence-electron chi connectivity index (χ1n) is 12.2. The standard InChI is InChI=1S/C27H35Cl3O2/c1-2-19-15-20(16-22(28)25(19)31)27(21-17-23(29)26(32)24(30)18-21)13-11-9-7-5-3-4-6-8-10-12-14-27/h15-19,32H,2-14H2,1H3. The molecule has 0 amide bonds. The monoisotopic (exact) mass is 496 g/mol. The number of hydrogen-bond donors (Lipinski definition) is 1. The van der Waals surface area contributed by atoms with E-state index in [0.29, 0.717) is 5.03 Å². The molecule has 0 aromatic heterocycles. The highest BCUT2D eigenvalue weighted by molar-refractivity contribution is 6.43. The van der Waals surface area contributed by atoms with E-state index in [-0.39, 0.29) is 32.9 Å². The topological polar surface area (TPSA) is 37.3 Å². The summed E-state index contributed by atoms with van der Waals surface area (Å²) >= 11 is 19.3. The SMILES string of the molecule is CCC1C=C(C2(c3cc(Cl)c(O)c(Cl)c3)CCCCCCCCCCCC2)C=C(Cl)C1=O. The summed E-state index contributed by atoms with van der Waals surface area (Å²) in [5.74, 6) is -0.281. The summed E-state index contributed by atoms with van der Waals surface area (Å²) in [7, 11) is 0. The van der Waals surface area contributed by atoms with Crippen molar-refractivity contribution in [1.82, 2.24) is 0 Å². The van der Waals surface area contributed by atoms with E-state index in [9.17, 15) is 9.90 Å². The van der Waals surface area contributed by atoms with Crippen LogP contribution in [0.15, 0.2) is 34.9 Å². The molecular weight excluding hydrogens is 463 g/mol. The lowest BCUT2D eigenvalue weighted by Gasteiger charge is -2.39. The van der Waals surface area contributed by atoms with Gasteiger partial charge in [-0.25, -0.2) is 0 Å². The van der Waals surface area contributed by atoms with Gasteiger partial charge in [-0.05, 0) is 48.6 Å². The summed E-state index contributed by atoms with van der Waals surface area (Å²) in [5.41, 5.74) is 1.78. The zero-order valence-electron chi connectivity index (χ0n) is 19.1. The Morgan fingerprint density at radius 2 is 1.34 bits per heavy atom. The Bertz CT molecular complexity index is 835. The molecule has 1 aromatic rings. The predicted octanol–water partition coefficient (Wildman–Crippen LogP) is 9.29. The first-order chi connectivity index (χ1) is 15.4. The highest BCUT2D eigenvalue weighted by Gasteiger charge is 2.38. The maximum atomic E-state index is 12.6. The Labute approximate surface area is 208 Å². The molecule has 32 heavy (non-hydrogen) atoms. The third kappa shape index (κ3) is 5.93. The van der Waals surface area contributed by atoms with Crippen molar-refractivity contribution >= 4 is 40.6 Å². The van der Waals surface area contributed by atoms with E-state index in [1.807, 2.05) is 25.1 Å². The van der Waals surface area contributed by atoms with Crippen LogP contribution in [0, 0.1) is 5.92 Å². The maximum Gasteiger partial charge on any atom is 0.181 e. The van der Waals surface area contributed by atoms with E-state index >= 15 is 0 Å². The average Bonchev–Trinajstić information content (AvgIpc) is 2.80. The second-order valence-electron chi connectivity index (χ2n) is 9.40. The van der Waals surface area contributed by atoms with Crippen LogP contribution in [0.2, 0.25) is 10.0 Å². The smallest absolute Gasteiger partial charge is 0.181 e. The number of rotatable bonds is 3. The average molecular weight is 498 g/mol. The van der Waals surface area contributed by atoms with Crippen molar-refractivity contribution in [2.45, 2.75) is 95.8 Å². The zero-order chi connectivity index (χ0) is 23.1. The van der Waals surface area contributed by atoms with Gasteiger partial charge >= 0.3 is 0 Å². The van der Waals surface area contributed by atoms with Crippen LogP contribution in [-0.2, 0) is 10.2 Å². The first kappa shape index (κ1) is 25.7. The number of hydrogen-bond acceptors (Lipinski definition) is 2. The van der Waals surface area contributed by atoms with Gasteiger partial charge in [-0.1, -0.05) is 112 Å². The minimum Gasteiger partial charge on any atom is -0.505 e. The fraction of sp³-hybridized carbons (Fsp3) is 0.593. The number of allylic oxidation sites excluding steroid dienone is 4. The molecule has 2 nitrogen and oxygen atoms in total. The van der Waals surface area contributed by atoms with Gasteiger partial charge in [-0.15, -0.1) is 0 Å². The lowest BCUT2D eigenvalue weighted by atomic mass is 9.65. The largest absolute Gasteiger partial charge is 0.505 e. The molecule has 3 rings (SSSR count). The van der Waals surface area contributed by atoms with Crippen molar-refractivity contribution in [1.29, 1.82) is 0 Å². The molecule has 1 unspecified atom stereocenters. The summed E-state index contributed by atoms with van der Waals surface area (Å²) in [6.07, 6.45) is 18.9. The number of aromatic hydroxyl groups is 1. The Kier molecular flexibility index (Phi) is 9.58. The molecule has 1 atom stereocenters. The lowest BCUT2D eigenvalue weighted by molar-refractivity contribution is -0.117. The van der Waals surface area contributed by atoms with E-state index in [4.69, 9.17) is 34.8 Å². The van der Waals surface area contributed by atoms with E-state index in [0.717, 1.165) is 43.2 Å². The van der Waals surface area contributed by atoms with Crippen molar-refractivity contribution in [3.05, 3.63) is 50.5 Å². The molecule has 0 radical (unpaired) electrons. The normalized spacial score (nSPS) is 23.4. The van der Waals surface area contributed by atoms with Crippen LogP contribution in [-0.4, -0.2) is 10.9 Å². The van der Waals surface area contributed by atoms with Crippen LogP contribution in [0.5, 0.6) is 5.75 Å². The third-order valence-corrected chi connectivity index (χ3v) is 8.13. The van der Waals surface area contributed by atoms with Crippen LogP contribution in [0.3, 0.4) is 0 Å². The summed E-state index contributed by atoms with van der Waals surface area (Å²) in [4.78, 5) is 12.6. The van der Waals surface area contributed by atoms with Gasteiger partial charge in [0, 0.05) is 11.3 Å². The predicted molar refractivity (Wildman–Crippen MR) is 136 cm³/mol. The Morgan fingerprint density at radius 3 is 1.81 bits per heavy atom. The van der Waals surface area contributed by atoms with Crippen LogP contribution < -0.4 is 0 Å². The molecule has 5 heteroatoms. The molecule has 1 N–H and O–H groups in total. The number of carbonyl (C=O) groups excluding carboxylic acids is 1. The number of benzene rings is 1. The number of carbonyl (C=O) groups is 1. The van der Waals surface area contributed by atoms with Crippen LogP contribution in [0.1, 0.15) is 96.0 Å². The molecular formula is C27H35Cl3O2. The number of Topliss-reactive ketones (excluding diaryl/α,β-unsaturated/α-hetero) is 1. The molecule has 0 spiro atoms. The molecule has 176 valence electrons. The maximum absolute atomic E-state index is 12.6. The molecule has 2 aliphatic rings. The number of halogens is 3. The second-order valence-corrected chi connectivity index (χ2v) is 10.6. The molecule has 0 heterocycles. The minimum atomic E-state index is -0.330. The number of ketones is 1. The zero-order valence-corrected chi connectivity index (χ0v) is 21.3. The Hall–Kier alpha value is -0.960. The highest BCUT2D eigenvalue weighted by Crippen LogP contribution is 2.48. The molecule has 1 fully saturated rings. The van der Waals surface area contributed by atoms with Gasteiger partial charge in [0.05, 0.1) is 15.1 Å². The fourth-order valence-electron chi connectivity index (χ4n) is 5.30. The summed E-state index contributed by atoms with van der Waals surface area (Å²) in [5, 5.41) is 11.1. The second kappa shape index (κ2) is 12.0. The van der Waals surface area contributed by atoms with Crippen molar-refractivity contribution in [3.63, 3.8) is 0 Å². The molecule has 0 aliphatic heterocycles. The third-order valence-electron chi connectivity index (χ3n) is 7.25. The van der Waals surface area contributed by atoms with Gasteiger partial charge < -0.3 is 5.11 Å². The molecule has 1 saturated carbocycles. The Balaban J connectivity index is 2.11. The highest BCUT2D eigenvalue weighted by atomic mass is 35.5. The van der Waals surface area contributed by atoms with E-state index in [2.05, 4.69) is 6.08 Å². The van der Waals surface area contributed by atoms with Crippen LogP contribution in [0.25, 0.3) is 0 Å². The first-order valence-corrected chi connectivity index (χ1v) is 13.3. The summed E-state index contributed by atoms with van der Waals surface area (Å²) in [6.45, 7) is 2.03. The summed E-state index contributed by atoms with van der Waals surface area (Å²) < 4.78 is 0. The van der Waals surface area contributed by atoms with Gasteiger partial charge in [-0.3, -0.25) is 4.79 Å². The van der Waals surface area contributed by atoms with Gasteiger partial charge in [0.2, 0.25) is 0 Å². The Morgan fingerprint density at radius 1 is 0.875 bits per heavy atom. The van der Waals surface area contributed by atoms with E-state index < -0.39 is 0 Å². The number of phenols is 1. The summed E-state index contributed by atoms with van der Waals surface area (Å²) in [6, 6.07) is 3.72. The fourth-order valence-corrected chi connectivity index (χ4v) is 6.05. The van der Waals surface area contributed by atoms with Gasteiger partial charge in [0.1, 0.15) is 0 Å². The van der Waals surface area contributed by atoms with E-state index in [1.165, 1.54) is 51.4 Å². The van der Waals surface area contributed by atoms with Crippen LogP contribution in [0.4, 0.5) is 0 Å². The quantitative estimate of drug-likeness (QED) is 0.451. The lowest BCUT2D eigenvalue weighted by Crippen LogP contribution is -2.32. The van der Waals surface area contributed by atoms with Crippen molar-refractivity contribution < 1.29 is 9.90 Å². The van der Waals surface area contributed by atoms with Gasteiger partial charge in [-0.2, -0.15) is 0 Å². The van der Waals surface area contributed by atoms with Gasteiger partial charge in [0.15, 0.2) is 11.5 Å². The van der Waals surface area contributed by atoms with Crippen molar-refractivity contribution in [2.24, 2.45) is 5.92 Å². The van der Waals surface area contributed by atoms with E-state index in [1.54, 1.807) is 0 Å². The van der Waals surface area contributed by atoms with Crippen molar-refractivity contribution in [3.8, 4) is 5.75 Å². The van der Waals surface area contributed by atoms with Crippen LogP contribution >= 0.6 is 34.8 Å².